The van der Waals surface area contributed by atoms with Gasteiger partial charge in [0.1, 0.15) is 5.54 Å². The number of hydrogen-bond donors (Lipinski definition) is 1. The van der Waals surface area contributed by atoms with E-state index in [1.165, 1.54) is 28.6 Å². The lowest BCUT2D eigenvalue weighted by Gasteiger charge is -2.18. The third-order valence-corrected chi connectivity index (χ3v) is 5.44. The Hall–Kier alpha value is -1.91. The molecule has 0 aromatic heterocycles. The second-order valence-electron chi connectivity index (χ2n) is 5.83. The first kappa shape index (κ1) is 16.5. The lowest BCUT2D eigenvalue weighted by atomic mass is 10.1. The van der Waals surface area contributed by atoms with Gasteiger partial charge in [-0.15, -0.1) is 0 Å². The van der Waals surface area contributed by atoms with Crippen LogP contribution in [0.25, 0.3) is 0 Å². The van der Waals surface area contributed by atoms with Crippen molar-refractivity contribution >= 4 is 15.9 Å². The number of amides is 1. The molecule has 1 saturated heterocycles. The number of nitriles is 1. The maximum absolute atomic E-state index is 12.4. The standard InChI is InChI=1S/C15H19N3O3S/c1-15(2,11-16)17-14(19)12-5-7-13(8-6-12)22(20,21)18-9-3-4-10-18/h5-8H,3-4,9-10H2,1-2H3,(H,17,19). The maximum atomic E-state index is 12.4. The molecule has 2 rings (SSSR count). The highest BCUT2D eigenvalue weighted by Crippen LogP contribution is 2.21. The van der Waals surface area contributed by atoms with Crippen LogP contribution in [0.15, 0.2) is 29.2 Å². The average Bonchev–Trinajstić information content (AvgIpc) is 3.02. The Balaban J connectivity index is 2.17. The van der Waals surface area contributed by atoms with Crippen LogP contribution in [0.3, 0.4) is 0 Å². The molecule has 1 aliphatic heterocycles. The van der Waals surface area contributed by atoms with E-state index in [2.05, 4.69) is 5.32 Å². The van der Waals surface area contributed by atoms with Gasteiger partial charge in [0.15, 0.2) is 0 Å². The molecule has 0 bridgehead atoms. The van der Waals surface area contributed by atoms with E-state index in [4.69, 9.17) is 5.26 Å². The van der Waals surface area contributed by atoms with Crippen molar-refractivity contribution in [3.05, 3.63) is 29.8 Å². The zero-order valence-electron chi connectivity index (χ0n) is 12.7. The molecule has 0 radical (unpaired) electrons. The number of rotatable bonds is 4. The van der Waals surface area contributed by atoms with Gasteiger partial charge >= 0.3 is 0 Å². The Kier molecular flexibility index (Phi) is 4.54. The van der Waals surface area contributed by atoms with Crippen molar-refractivity contribution in [2.45, 2.75) is 37.1 Å². The molecule has 6 nitrogen and oxygen atoms in total. The van der Waals surface area contributed by atoms with Crippen LogP contribution in [0.4, 0.5) is 0 Å². The molecule has 0 unspecified atom stereocenters. The largest absolute Gasteiger partial charge is 0.334 e. The van der Waals surface area contributed by atoms with Gasteiger partial charge in [0.25, 0.3) is 5.91 Å². The van der Waals surface area contributed by atoms with Gasteiger partial charge in [-0.1, -0.05) is 0 Å². The average molecular weight is 321 g/mol. The molecule has 1 fully saturated rings. The third-order valence-electron chi connectivity index (χ3n) is 3.52. The van der Waals surface area contributed by atoms with E-state index in [1.54, 1.807) is 13.8 Å². The maximum Gasteiger partial charge on any atom is 0.252 e. The van der Waals surface area contributed by atoms with Crippen LogP contribution in [-0.4, -0.2) is 37.3 Å². The summed E-state index contributed by atoms with van der Waals surface area (Å²) in [4.78, 5) is 12.2. The van der Waals surface area contributed by atoms with E-state index >= 15 is 0 Å². The summed E-state index contributed by atoms with van der Waals surface area (Å²) in [6.07, 6.45) is 1.76. The van der Waals surface area contributed by atoms with E-state index in [9.17, 15) is 13.2 Å². The Labute approximate surface area is 130 Å². The van der Waals surface area contributed by atoms with E-state index < -0.39 is 21.5 Å². The van der Waals surface area contributed by atoms with Crippen LogP contribution in [0, 0.1) is 11.3 Å². The molecule has 0 spiro atoms. The van der Waals surface area contributed by atoms with Crippen LogP contribution >= 0.6 is 0 Å². The van der Waals surface area contributed by atoms with Gasteiger partial charge in [-0.2, -0.15) is 9.57 Å². The summed E-state index contributed by atoms with van der Waals surface area (Å²) in [6, 6.07) is 7.77. The molecule has 1 aromatic rings. The van der Waals surface area contributed by atoms with Crippen LogP contribution < -0.4 is 5.32 Å². The first-order valence-electron chi connectivity index (χ1n) is 7.10. The fourth-order valence-electron chi connectivity index (χ4n) is 2.24. The summed E-state index contributed by atoms with van der Waals surface area (Å²) in [6.45, 7) is 4.27. The topological polar surface area (TPSA) is 90.3 Å². The Bertz CT molecular complexity index is 697. The second-order valence-corrected chi connectivity index (χ2v) is 7.76. The molecule has 1 amide bonds. The number of hydrogen-bond acceptors (Lipinski definition) is 4. The minimum Gasteiger partial charge on any atom is -0.334 e. The monoisotopic (exact) mass is 321 g/mol. The van der Waals surface area contributed by atoms with Crippen molar-refractivity contribution < 1.29 is 13.2 Å². The molecule has 0 aliphatic carbocycles. The predicted octanol–water partition coefficient (Wildman–Crippen LogP) is 1.50. The van der Waals surface area contributed by atoms with Crippen molar-refractivity contribution in [2.24, 2.45) is 0 Å². The highest BCUT2D eigenvalue weighted by atomic mass is 32.2. The van der Waals surface area contributed by atoms with Gasteiger partial charge in [-0.3, -0.25) is 4.79 Å². The molecule has 1 N–H and O–H groups in total. The van der Waals surface area contributed by atoms with Gasteiger partial charge in [-0.25, -0.2) is 8.42 Å². The fraction of sp³-hybridized carbons (Fsp3) is 0.467. The molecule has 1 aromatic carbocycles. The molecule has 1 aliphatic rings. The Morgan fingerprint density at radius 2 is 1.77 bits per heavy atom. The summed E-state index contributed by atoms with van der Waals surface area (Å²) >= 11 is 0. The van der Waals surface area contributed by atoms with Crippen molar-refractivity contribution in [1.29, 1.82) is 5.26 Å². The van der Waals surface area contributed by atoms with Crippen molar-refractivity contribution in [1.82, 2.24) is 9.62 Å². The number of carbonyl (C=O) groups excluding carboxylic acids is 1. The highest BCUT2D eigenvalue weighted by molar-refractivity contribution is 7.89. The molecular formula is C15H19N3O3S. The smallest absolute Gasteiger partial charge is 0.252 e. The summed E-state index contributed by atoms with van der Waals surface area (Å²) < 4.78 is 26.2. The number of nitrogens with zero attached hydrogens (tertiary/aromatic N) is 2. The SMILES string of the molecule is CC(C)(C#N)NC(=O)c1ccc(S(=O)(=O)N2CCCC2)cc1. The summed E-state index contributed by atoms with van der Waals surface area (Å²) in [7, 11) is -3.47. The Morgan fingerprint density at radius 1 is 1.23 bits per heavy atom. The van der Waals surface area contributed by atoms with Gasteiger partial charge in [0.05, 0.1) is 11.0 Å². The first-order valence-corrected chi connectivity index (χ1v) is 8.54. The van der Waals surface area contributed by atoms with Gasteiger partial charge in [-0.05, 0) is 51.0 Å². The second kappa shape index (κ2) is 6.07. The summed E-state index contributed by atoms with van der Waals surface area (Å²) in [5.41, 5.74) is -0.652. The van der Waals surface area contributed by atoms with Gasteiger partial charge in [0.2, 0.25) is 10.0 Å². The fourth-order valence-corrected chi connectivity index (χ4v) is 3.76. The molecule has 118 valence electrons. The number of sulfonamides is 1. The summed E-state index contributed by atoms with van der Waals surface area (Å²) in [5.74, 6) is -0.406. The quantitative estimate of drug-likeness (QED) is 0.910. The van der Waals surface area contributed by atoms with Crippen molar-refractivity contribution in [3.63, 3.8) is 0 Å². The molecule has 7 heteroatoms. The van der Waals surface area contributed by atoms with Crippen LogP contribution in [0.5, 0.6) is 0 Å². The predicted molar refractivity (Wildman–Crippen MR) is 81.6 cm³/mol. The van der Waals surface area contributed by atoms with Crippen molar-refractivity contribution in [3.8, 4) is 6.07 Å². The van der Waals surface area contributed by atoms with E-state index in [-0.39, 0.29) is 4.90 Å². The Morgan fingerprint density at radius 3 is 2.27 bits per heavy atom. The normalized spacial score (nSPS) is 16.2. The highest BCUT2D eigenvalue weighted by Gasteiger charge is 2.27. The minimum atomic E-state index is -3.47. The lowest BCUT2D eigenvalue weighted by Crippen LogP contribution is -2.42. The lowest BCUT2D eigenvalue weighted by molar-refractivity contribution is 0.0929. The number of carbonyl (C=O) groups is 1. The molecule has 1 heterocycles. The number of nitrogens with one attached hydrogen (secondary N) is 1. The molecule has 0 saturated carbocycles. The van der Waals surface area contributed by atoms with Crippen LogP contribution in [-0.2, 0) is 10.0 Å². The molecular weight excluding hydrogens is 302 g/mol. The van der Waals surface area contributed by atoms with Crippen molar-refractivity contribution in [2.75, 3.05) is 13.1 Å². The first-order chi connectivity index (χ1) is 10.3. The van der Waals surface area contributed by atoms with Crippen LogP contribution in [0.1, 0.15) is 37.0 Å². The third kappa shape index (κ3) is 3.46. The van der Waals surface area contributed by atoms with E-state index in [1.807, 2.05) is 6.07 Å². The molecule has 0 atom stereocenters. The number of benzene rings is 1. The van der Waals surface area contributed by atoms with Gasteiger partial charge < -0.3 is 5.32 Å². The zero-order valence-corrected chi connectivity index (χ0v) is 13.5. The van der Waals surface area contributed by atoms with Crippen LogP contribution in [0.2, 0.25) is 0 Å². The van der Waals surface area contributed by atoms with Gasteiger partial charge in [0, 0.05) is 18.7 Å². The summed E-state index contributed by atoms with van der Waals surface area (Å²) in [5, 5.41) is 11.5. The van der Waals surface area contributed by atoms with E-state index in [0.29, 0.717) is 18.7 Å². The zero-order chi connectivity index (χ0) is 16.4. The minimum absolute atomic E-state index is 0.186. The molecule has 22 heavy (non-hydrogen) atoms. The van der Waals surface area contributed by atoms with E-state index in [0.717, 1.165) is 12.8 Å².